The van der Waals surface area contributed by atoms with Crippen LogP contribution in [-0.4, -0.2) is 64.9 Å². The van der Waals surface area contributed by atoms with Crippen molar-refractivity contribution in [3.05, 3.63) is 52.8 Å². The second-order valence-electron chi connectivity index (χ2n) is 8.40. The highest BCUT2D eigenvalue weighted by atomic mass is 35.5. The van der Waals surface area contributed by atoms with Crippen LogP contribution in [-0.2, 0) is 0 Å². The maximum atomic E-state index is 14.0. The van der Waals surface area contributed by atoms with E-state index in [9.17, 15) is 13.6 Å². The van der Waals surface area contributed by atoms with Crippen molar-refractivity contribution in [2.75, 3.05) is 26.3 Å². The Hall–Kier alpha value is -2.65. The van der Waals surface area contributed by atoms with E-state index in [1.807, 2.05) is 0 Å². The molecule has 176 valence electrons. The van der Waals surface area contributed by atoms with Gasteiger partial charge in [0.2, 0.25) is 0 Å². The van der Waals surface area contributed by atoms with Crippen molar-refractivity contribution in [1.29, 1.82) is 5.41 Å². The molecule has 2 N–H and O–H groups in total. The fourth-order valence-corrected chi connectivity index (χ4v) is 4.47. The van der Waals surface area contributed by atoms with Gasteiger partial charge in [-0.1, -0.05) is 11.6 Å². The molecule has 10 heteroatoms. The Morgan fingerprint density at radius 2 is 1.97 bits per heavy atom. The Labute approximate surface area is 196 Å². The van der Waals surface area contributed by atoms with E-state index in [1.54, 1.807) is 0 Å². The average Bonchev–Trinajstić information content (AvgIpc) is 3.20. The van der Waals surface area contributed by atoms with Gasteiger partial charge in [-0.3, -0.25) is 4.79 Å². The number of amides is 1. The molecule has 1 amide bonds. The van der Waals surface area contributed by atoms with Gasteiger partial charge in [0.25, 0.3) is 5.91 Å². The number of ether oxygens (including phenoxy) is 1. The van der Waals surface area contributed by atoms with E-state index in [1.165, 1.54) is 35.5 Å². The number of carbonyl (C=O) groups is 1. The highest BCUT2D eigenvalue weighted by Crippen LogP contribution is 2.30. The van der Waals surface area contributed by atoms with Crippen LogP contribution in [0.25, 0.3) is 0 Å². The first-order chi connectivity index (χ1) is 15.9. The Kier molecular flexibility index (Phi) is 7.49. The molecule has 33 heavy (non-hydrogen) atoms. The number of alkyl halides is 1. The first-order valence-electron chi connectivity index (χ1n) is 11.0. The second kappa shape index (κ2) is 10.5. The lowest BCUT2D eigenvalue weighted by molar-refractivity contribution is 0.0781. The predicted molar refractivity (Wildman–Crippen MR) is 120 cm³/mol. The van der Waals surface area contributed by atoms with E-state index >= 15 is 0 Å². The molecule has 1 aromatic heterocycles. The Bertz CT molecular complexity index is 999. The SMILES string of the molecule is N=C1CN(C(=O)c2ccc(F)cc2OC2CCC(NCCF)CC2)CC1c1ncc(Cl)cn1. The molecule has 1 aliphatic heterocycles. The number of hydrogen-bond donors (Lipinski definition) is 2. The van der Waals surface area contributed by atoms with Crippen molar-refractivity contribution in [2.24, 2.45) is 0 Å². The average molecular weight is 478 g/mol. The Morgan fingerprint density at radius 3 is 2.67 bits per heavy atom. The molecule has 2 aromatic rings. The standard InChI is InChI=1S/C23H26ClF2N5O2/c24-14-10-29-22(30-11-14)19-12-31(13-20(19)27)23(32)18-6-1-15(26)9-21(18)33-17-4-2-16(3-5-17)28-8-7-25/h1,6,9-11,16-17,19,27-28H,2-5,7-8,12-13H2. The molecular weight excluding hydrogens is 452 g/mol. The van der Waals surface area contributed by atoms with Crippen molar-refractivity contribution >= 4 is 23.2 Å². The molecule has 2 aliphatic rings. The van der Waals surface area contributed by atoms with Crippen LogP contribution in [0.4, 0.5) is 8.78 Å². The minimum atomic E-state index is -0.485. The van der Waals surface area contributed by atoms with Gasteiger partial charge >= 0.3 is 0 Å². The highest BCUT2D eigenvalue weighted by molar-refractivity contribution is 6.30. The third-order valence-electron chi connectivity index (χ3n) is 6.09. The smallest absolute Gasteiger partial charge is 0.257 e. The van der Waals surface area contributed by atoms with Gasteiger partial charge in [0.15, 0.2) is 0 Å². The quantitative estimate of drug-likeness (QED) is 0.633. The molecule has 1 aromatic carbocycles. The third kappa shape index (κ3) is 5.65. The van der Waals surface area contributed by atoms with Crippen LogP contribution >= 0.6 is 11.6 Å². The summed E-state index contributed by atoms with van der Waals surface area (Å²) in [5.74, 6) is -0.583. The van der Waals surface area contributed by atoms with Crippen LogP contribution in [0.3, 0.4) is 0 Å². The van der Waals surface area contributed by atoms with Crippen LogP contribution in [0, 0.1) is 11.2 Å². The summed E-state index contributed by atoms with van der Waals surface area (Å²) in [7, 11) is 0. The number of hydrogen-bond acceptors (Lipinski definition) is 6. The number of benzene rings is 1. The number of aromatic nitrogens is 2. The first-order valence-corrected chi connectivity index (χ1v) is 11.4. The molecule has 1 unspecified atom stereocenters. The Morgan fingerprint density at radius 1 is 1.24 bits per heavy atom. The molecular formula is C23H26ClF2N5O2. The van der Waals surface area contributed by atoms with Gasteiger partial charge in [-0.15, -0.1) is 0 Å². The summed E-state index contributed by atoms with van der Waals surface area (Å²) in [4.78, 5) is 23.2. The lowest BCUT2D eigenvalue weighted by Crippen LogP contribution is -2.37. The maximum absolute atomic E-state index is 14.0. The fraction of sp³-hybridized carbons (Fsp3) is 0.478. The minimum Gasteiger partial charge on any atom is -0.489 e. The van der Waals surface area contributed by atoms with E-state index in [0.717, 1.165) is 25.7 Å². The van der Waals surface area contributed by atoms with Crippen LogP contribution in [0.1, 0.15) is 47.8 Å². The molecule has 1 saturated carbocycles. The number of carbonyl (C=O) groups excluding carboxylic acids is 1. The van der Waals surface area contributed by atoms with Gasteiger partial charge in [-0.05, 0) is 37.8 Å². The zero-order valence-electron chi connectivity index (χ0n) is 18.1. The molecule has 1 saturated heterocycles. The number of halogens is 3. The van der Waals surface area contributed by atoms with E-state index in [-0.39, 0.29) is 42.5 Å². The molecule has 1 atom stereocenters. The van der Waals surface area contributed by atoms with Gasteiger partial charge < -0.3 is 20.4 Å². The lowest BCUT2D eigenvalue weighted by atomic mass is 9.93. The molecule has 7 nitrogen and oxygen atoms in total. The summed E-state index contributed by atoms with van der Waals surface area (Å²) in [6, 6.07) is 4.15. The van der Waals surface area contributed by atoms with Gasteiger partial charge in [-0.25, -0.2) is 18.7 Å². The van der Waals surface area contributed by atoms with E-state index in [4.69, 9.17) is 21.7 Å². The largest absolute Gasteiger partial charge is 0.489 e. The second-order valence-corrected chi connectivity index (χ2v) is 8.83. The van der Waals surface area contributed by atoms with Crippen molar-refractivity contribution in [2.45, 2.75) is 43.7 Å². The maximum Gasteiger partial charge on any atom is 0.257 e. The van der Waals surface area contributed by atoms with Crippen LogP contribution in [0.5, 0.6) is 5.75 Å². The number of likely N-dealkylation sites (tertiary alicyclic amines) is 1. The van der Waals surface area contributed by atoms with E-state index < -0.39 is 18.4 Å². The summed E-state index contributed by atoms with van der Waals surface area (Å²) in [6.45, 7) is 0.328. The van der Waals surface area contributed by atoms with Gasteiger partial charge in [0.05, 0.1) is 29.2 Å². The van der Waals surface area contributed by atoms with Gasteiger partial charge in [0, 0.05) is 43.3 Å². The summed E-state index contributed by atoms with van der Waals surface area (Å²) in [5.41, 5.74) is 0.592. The topological polar surface area (TPSA) is 91.2 Å². The summed E-state index contributed by atoms with van der Waals surface area (Å²) in [5, 5.41) is 11.9. The van der Waals surface area contributed by atoms with Crippen LogP contribution in [0.2, 0.25) is 5.02 Å². The fourth-order valence-electron chi connectivity index (χ4n) is 4.37. The normalized spacial score (nSPS) is 23.1. The van der Waals surface area contributed by atoms with Crippen LogP contribution < -0.4 is 10.1 Å². The van der Waals surface area contributed by atoms with Gasteiger partial charge in [0.1, 0.15) is 24.1 Å². The van der Waals surface area contributed by atoms with Crippen molar-refractivity contribution in [3.63, 3.8) is 0 Å². The number of nitrogens with one attached hydrogen (secondary N) is 2. The molecule has 4 rings (SSSR count). The molecule has 2 heterocycles. The molecule has 2 fully saturated rings. The molecule has 0 bridgehead atoms. The molecule has 1 aliphatic carbocycles. The first kappa shape index (κ1) is 23.5. The van der Waals surface area contributed by atoms with Crippen molar-refractivity contribution in [3.8, 4) is 5.75 Å². The summed E-state index contributed by atoms with van der Waals surface area (Å²) < 4.78 is 32.5. The predicted octanol–water partition coefficient (Wildman–Crippen LogP) is 3.78. The minimum absolute atomic E-state index is 0.137. The Balaban J connectivity index is 1.44. The monoisotopic (exact) mass is 477 g/mol. The zero-order valence-corrected chi connectivity index (χ0v) is 18.8. The molecule has 0 spiro atoms. The third-order valence-corrected chi connectivity index (χ3v) is 6.29. The zero-order chi connectivity index (χ0) is 23.4. The highest BCUT2D eigenvalue weighted by Gasteiger charge is 2.35. The van der Waals surface area contributed by atoms with Gasteiger partial charge in [-0.2, -0.15) is 0 Å². The van der Waals surface area contributed by atoms with E-state index in [2.05, 4.69) is 15.3 Å². The van der Waals surface area contributed by atoms with E-state index in [0.29, 0.717) is 23.1 Å². The molecule has 0 radical (unpaired) electrons. The number of rotatable bonds is 7. The van der Waals surface area contributed by atoms with Crippen LogP contribution in [0.15, 0.2) is 30.6 Å². The number of nitrogens with zero attached hydrogens (tertiary/aromatic N) is 3. The lowest BCUT2D eigenvalue weighted by Gasteiger charge is -2.30. The summed E-state index contributed by atoms with van der Waals surface area (Å²) >= 11 is 5.85. The van der Waals surface area contributed by atoms with Crippen molar-refractivity contribution in [1.82, 2.24) is 20.2 Å². The van der Waals surface area contributed by atoms with Crippen molar-refractivity contribution < 1.29 is 18.3 Å². The summed E-state index contributed by atoms with van der Waals surface area (Å²) in [6.07, 6.45) is 5.92.